The molecule has 0 saturated heterocycles. The van der Waals surface area contributed by atoms with Gasteiger partial charge in [0.25, 0.3) is 0 Å². The summed E-state index contributed by atoms with van der Waals surface area (Å²) in [5.74, 6) is 3.25. The summed E-state index contributed by atoms with van der Waals surface area (Å²) in [5.41, 5.74) is 13.8. The van der Waals surface area contributed by atoms with Crippen LogP contribution in [-0.2, 0) is 11.2 Å². The van der Waals surface area contributed by atoms with Gasteiger partial charge in [0.2, 0.25) is 12.1 Å². The van der Waals surface area contributed by atoms with E-state index in [1.807, 2.05) is 12.1 Å². The van der Waals surface area contributed by atoms with Gasteiger partial charge in [-0.3, -0.25) is 0 Å². The maximum atomic E-state index is 6.25. The van der Waals surface area contributed by atoms with Gasteiger partial charge in [0, 0.05) is 24.1 Å². The van der Waals surface area contributed by atoms with Gasteiger partial charge in [-0.2, -0.15) is 0 Å². The third-order valence-electron chi connectivity index (χ3n) is 7.43. The molecular formula is C32H33N3O2. The fourth-order valence-electron chi connectivity index (χ4n) is 5.33. The standard InChI is InChI=1S/C32H33N3O2/c1-20-13-14-28-30(15-20)37-32(35-28)25-10-6-8-23(18-25)26(19-33)16-21(2)22-7-5-9-24(17-22)31-34-27-11-3-4-12-29(27)36-31/h5-10,12-14,16-18,20-21,31H,3-4,11,15,19,33H2,1-2H3. The van der Waals surface area contributed by atoms with Gasteiger partial charge in [-0.1, -0.05) is 56.3 Å². The van der Waals surface area contributed by atoms with Crippen molar-refractivity contribution in [1.82, 2.24) is 4.98 Å². The second kappa shape index (κ2) is 9.98. The minimum absolute atomic E-state index is 0.179. The van der Waals surface area contributed by atoms with Crippen LogP contribution in [0.3, 0.4) is 0 Å². The van der Waals surface area contributed by atoms with E-state index in [-0.39, 0.29) is 12.1 Å². The molecule has 2 aromatic carbocycles. The number of benzene rings is 2. The molecule has 3 aromatic rings. The van der Waals surface area contributed by atoms with E-state index in [4.69, 9.17) is 24.9 Å². The highest BCUT2D eigenvalue weighted by Crippen LogP contribution is 2.35. The Morgan fingerprint density at radius 2 is 2.08 bits per heavy atom. The Bertz CT molecular complexity index is 1440. The molecule has 3 atom stereocenters. The summed E-state index contributed by atoms with van der Waals surface area (Å²) in [6.07, 6.45) is 12.5. The van der Waals surface area contributed by atoms with E-state index in [1.54, 1.807) is 0 Å². The summed E-state index contributed by atoms with van der Waals surface area (Å²) in [7, 11) is 0. The van der Waals surface area contributed by atoms with Crippen molar-refractivity contribution in [2.75, 3.05) is 6.54 Å². The van der Waals surface area contributed by atoms with Crippen LogP contribution in [0.5, 0.6) is 0 Å². The number of ether oxygens (including phenoxy) is 1. The van der Waals surface area contributed by atoms with E-state index in [9.17, 15) is 0 Å². The van der Waals surface area contributed by atoms with E-state index in [0.717, 1.165) is 70.9 Å². The van der Waals surface area contributed by atoms with Gasteiger partial charge in [-0.15, -0.1) is 0 Å². The van der Waals surface area contributed by atoms with Gasteiger partial charge in [-0.05, 0) is 78.1 Å². The summed E-state index contributed by atoms with van der Waals surface area (Å²) in [6.45, 7) is 4.84. The van der Waals surface area contributed by atoms with Crippen molar-refractivity contribution in [2.45, 2.75) is 51.7 Å². The zero-order valence-electron chi connectivity index (χ0n) is 21.5. The molecule has 0 bridgehead atoms. The van der Waals surface area contributed by atoms with Crippen LogP contribution < -0.4 is 5.73 Å². The molecule has 188 valence electrons. The van der Waals surface area contributed by atoms with Crippen LogP contribution in [0.15, 0.2) is 81.9 Å². The van der Waals surface area contributed by atoms with Crippen molar-refractivity contribution < 1.29 is 9.15 Å². The van der Waals surface area contributed by atoms with Gasteiger partial charge < -0.3 is 14.9 Å². The summed E-state index contributed by atoms with van der Waals surface area (Å²) >= 11 is 0. The van der Waals surface area contributed by atoms with Gasteiger partial charge in [0.15, 0.2) is 0 Å². The summed E-state index contributed by atoms with van der Waals surface area (Å²) in [6, 6.07) is 16.9. The normalized spacial score (nSPS) is 21.5. The number of hydrogen-bond donors (Lipinski definition) is 1. The molecule has 1 aliphatic heterocycles. The molecule has 0 spiro atoms. The molecule has 0 saturated carbocycles. The summed E-state index contributed by atoms with van der Waals surface area (Å²) in [4.78, 5) is 9.58. The molecule has 5 heteroatoms. The van der Waals surface area contributed by atoms with Crippen molar-refractivity contribution >= 4 is 17.4 Å². The van der Waals surface area contributed by atoms with Crippen LogP contribution in [0.1, 0.15) is 73.4 Å². The number of allylic oxidation sites excluding steroid dienone is 4. The molecular weight excluding hydrogens is 458 g/mol. The van der Waals surface area contributed by atoms with Crippen LogP contribution in [0, 0.1) is 5.92 Å². The van der Waals surface area contributed by atoms with Crippen LogP contribution in [0.2, 0.25) is 0 Å². The number of rotatable bonds is 6. The molecule has 37 heavy (non-hydrogen) atoms. The topological polar surface area (TPSA) is 73.6 Å². The number of nitrogens with zero attached hydrogens (tertiary/aromatic N) is 2. The highest BCUT2D eigenvalue weighted by atomic mass is 16.5. The lowest BCUT2D eigenvalue weighted by Gasteiger charge is -2.15. The van der Waals surface area contributed by atoms with Gasteiger partial charge in [-0.25, -0.2) is 9.98 Å². The lowest BCUT2D eigenvalue weighted by Crippen LogP contribution is -2.05. The first kappa shape index (κ1) is 23.7. The second-order valence-electron chi connectivity index (χ2n) is 10.3. The lowest BCUT2D eigenvalue weighted by atomic mass is 9.93. The third-order valence-corrected chi connectivity index (χ3v) is 7.43. The fraction of sp³-hybridized carbons (Fsp3) is 0.312. The first-order chi connectivity index (χ1) is 18.1. The molecule has 3 aliphatic rings. The molecule has 6 rings (SSSR count). The molecule has 0 radical (unpaired) electrons. The number of fused-ring (bicyclic) bond motifs is 2. The Morgan fingerprint density at radius 3 is 2.95 bits per heavy atom. The molecule has 5 nitrogen and oxygen atoms in total. The average Bonchev–Trinajstić information content (AvgIpc) is 3.56. The molecule has 3 unspecified atom stereocenters. The maximum absolute atomic E-state index is 6.25. The van der Waals surface area contributed by atoms with E-state index < -0.39 is 0 Å². The molecule has 0 amide bonds. The Kier molecular flexibility index (Phi) is 6.39. The number of aromatic nitrogens is 1. The summed E-state index contributed by atoms with van der Waals surface area (Å²) in [5, 5.41) is 0. The van der Waals surface area contributed by atoms with Crippen molar-refractivity contribution in [2.24, 2.45) is 16.6 Å². The van der Waals surface area contributed by atoms with Crippen molar-refractivity contribution in [3.8, 4) is 11.5 Å². The fourth-order valence-corrected chi connectivity index (χ4v) is 5.33. The predicted molar refractivity (Wildman–Crippen MR) is 149 cm³/mol. The molecule has 2 N–H and O–H groups in total. The zero-order chi connectivity index (χ0) is 25.4. The van der Waals surface area contributed by atoms with E-state index in [2.05, 4.69) is 74.5 Å². The summed E-state index contributed by atoms with van der Waals surface area (Å²) < 4.78 is 12.3. The Hall–Kier alpha value is -3.70. The van der Waals surface area contributed by atoms with E-state index >= 15 is 0 Å². The first-order valence-corrected chi connectivity index (χ1v) is 13.3. The number of hydrogen-bond acceptors (Lipinski definition) is 5. The largest absolute Gasteiger partial charge is 0.463 e. The predicted octanol–water partition coefficient (Wildman–Crippen LogP) is 7.23. The van der Waals surface area contributed by atoms with Crippen LogP contribution in [-0.4, -0.2) is 17.2 Å². The molecule has 2 heterocycles. The van der Waals surface area contributed by atoms with E-state index in [1.165, 1.54) is 5.56 Å². The number of nitrogens with two attached hydrogens (primary N) is 1. The number of aliphatic imine (C=N–C) groups is 1. The van der Waals surface area contributed by atoms with Crippen LogP contribution >= 0.6 is 0 Å². The number of oxazole rings is 1. The third kappa shape index (κ3) is 4.84. The molecule has 0 fully saturated rings. The van der Waals surface area contributed by atoms with Crippen LogP contribution in [0.25, 0.3) is 23.1 Å². The minimum Gasteiger partial charge on any atom is -0.463 e. The zero-order valence-corrected chi connectivity index (χ0v) is 21.5. The van der Waals surface area contributed by atoms with Crippen molar-refractivity contribution in [1.29, 1.82) is 0 Å². The van der Waals surface area contributed by atoms with Crippen molar-refractivity contribution in [3.05, 3.63) is 101 Å². The van der Waals surface area contributed by atoms with E-state index in [0.29, 0.717) is 18.4 Å². The first-order valence-electron chi connectivity index (χ1n) is 13.3. The molecule has 2 aliphatic carbocycles. The lowest BCUT2D eigenvalue weighted by molar-refractivity contribution is 0.157. The Balaban J connectivity index is 1.24. The van der Waals surface area contributed by atoms with Gasteiger partial charge in [0.1, 0.15) is 17.2 Å². The highest BCUT2D eigenvalue weighted by molar-refractivity contribution is 6.00. The quantitative estimate of drug-likeness (QED) is 0.395. The van der Waals surface area contributed by atoms with Crippen LogP contribution in [0.4, 0.5) is 0 Å². The van der Waals surface area contributed by atoms with Gasteiger partial charge in [0.05, 0.1) is 5.71 Å². The van der Waals surface area contributed by atoms with Crippen molar-refractivity contribution in [3.63, 3.8) is 0 Å². The highest BCUT2D eigenvalue weighted by Gasteiger charge is 2.27. The average molecular weight is 492 g/mol. The van der Waals surface area contributed by atoms with Gasteiger partial charge >= 0.3 is 0 Å². The SMILES string of the molecule is CC1C=Cc2nc(-c3cccc(C(=CC(C)c4cccc(C5N=C6CCCC=C6O5)c4)CN)c3)oc2C1. The Morgan fingerprint density at radius 1 is 1.19 bits per heavy atom. The smallest absolute Gasteiger partial charge is 0.226 e. The minimum atomic E-state index is -0.245. The monoisotopic (exact) mass is 491 g/mol. The maximum Gasteiger partial charge on any atom is 0.226 e. The molecule has 1 aromatic heterocycles. The second-order valence-corrected chi connectivity index (χ2v) is 10.3. The Labute approximate surface area is 218 Å².